The van der Waals surface area contributed by atoms with Crippen LogP contribution in [0.25, 0.3) is 0 Å². The van der Waals surface area contributed by atoms with Crippen LogP contribution in [0.2, 0.25) is 0 Å². The molecule has 1 aromatic rings. The Kier molecular flexibility index (Phi) is 5.15. The van der Waals surface area contributed by atoms with Gasteiger partial charge in [-0.2, -0.15) is 0 Å². The highest BCUT2D eigenvalue weighted by atomic mass is 16.6. The third-order valence-electron chi connectivity index (χ3n) is 4.07. The fourth-order valence-electron chi connectivity index (χ4n) is 2.87. The number of hydrogen-bond donors (Lipinski definition) is 2. The second kappa shape index (κ2) is 7.08. The monoisotopic (exact) mass is 322 g/mol. The van der Waals surface area contributed by atoms with Gasteiger partial charge in [0.15, 0.2) is 0 Å². The molecule has 1 fully saturated rings. The molecule has 0 saturated heterocycles. The summed E-state index contributed by atoms with van der Waals surface area (Å²) in [6, 6.07) is 3.87. The lowest BCUT2D eigenvalue weighted by atomic mass is 9.78. The number of nitro groups is 1. The predicted molar refractivity (Wildman–Crippen MR) is 81.4 cm³/mol. The molecule has 0 unspecified atom stereocenters. The largest absolute Gasteiger partial charge is 0.495 e. The van der Waals surface area contributed by atoms with Gasteiger partial charge in [-0.05, 0) is 18.9 Å². The van der Waals surface area contributed by atoms with Crippen molar-refractivity contribution in [2.75, 3.05) is 12.4 Å². The van der Waals surface area contributed by atoms with Gasteiger partial charge in [0.25, 0.3) is 5.69 Å². The van der Waals surface area contributed by atoms with Crippen LogP contribution in [0.1, 0.15) is 25.7 Å². The standard InChI is InChI=1S/C15H18N2O6/c1-23-13-7-6-9(17(21)22)8-12(13)16-14(18)10-4-2-3-5-11(10)15(19)20/h6-8,10-11H,2-5H2,1H3,(H,16,18)(H,19,20)/t10-,11+/m1/s1. The van der Waals surface area contributed by atoms with Crippen LogP contribution in [-0.2, 0) is 9.59 Å². The van der Waals surface area contributed by atoms with Crippen molar-refractivity contribution in [1.29, 1.82) is 0 Å². The number of ether oxygens (including phenoxy) is 1. The number of anilines is 1. The van der Waals surface area contributed by atoms with Gasteiger partial charge in [-0.1, -0.05) is 12.8 Å². The fourth-order valence-corrected chi connectivity index (χ4v) is 2.87. The first-order valence-electron chi connectivity index (χ1n) is 7.30. The van der Waals surface area contributed by atoms with Gasteiger partial charge in [0.2, 0.25) is 5.91 Å². The van der Waals surface area contributed by atoms with E-state index in [2.05, 4.69) is 5.32 Å². The van der Waals surface area contributed by atoms with Crippen molar-refractivity contribution < 1.29 is 24.4 Å². The van der Waals surface area contributed by atoms with E-state index in [-0.39, 0.29) is 17.1 Å². The Labute approximate surface area is 132 Å². The molecule has 0 spiro atoms. The number of methoxy groups -OCH3 is 1. The SMILES string of the molecule is COc1ccc([N+](=O)[O-])cc1NC(=O)[C@@H]1CCCC[C@@H]1C(=O)O. The second-order valence-electron chi connectivity index (χ2n) is 5.47. The first-order chi connectivity index (χ1) is 10.9. The summed E-state index contributed by atoms with van der Waals surface area (Å²) in [4.78, 5) is 34.0. The summed E-state index contributed by atoms with van der Waals surface area (Å²) in [7, 11) is 1.39. The third kappa shape index (κ3) is 3.77. The molecule has 8 heteroatoms. The summed E-state index contributed by atoms with van der Waals surface area (Å²) < 4.78 is 5.09. The van der Waals surface area contributed by atoms with Crippen LogP contribution in [0.3, 0.4) is 0 Å². The first kappa shape index (κ1) is 16.7. The van der Waals surface area contributed by atoms with Crippen molar-refractivity contribution in [3.05, 3.63) is 28.3 Å². The number of carbonyl (C=O) groups is 2. The van der Waals surface area contributed by atoms with Crippen LogP contribution in [0.5, 0.6) is 5.75 Å². The van der Waals surface area contributed by atoms with Crippen molar-refractivity contribution in [3.8, 4) is 5.75 Å². The van der Waals surface area contributed by atoms with Crippen molar-refractivity contribution in [2.24, 2.45) is 11.8 Å². The van der Waals surface area contributed by atoms with Gasteiger partial charge in [0.1, 0.15) is 5.75 Å². The minimum Gasteiger partial charge on any atom is -0.495 e. The Bertz CT molecular complexity index is 630. The second-order valence-corrected chi connectivity index (χ2v) is 5.47. The number of benzene rings is 1. The van der Waals surface area contributed by atoms with E-state index in [1.165, 1.54) is 25.3 Å². The summed E-state index contributed by atoms with van der Waals surface area (Å²) in [6.45, 7) is 0. The van der Waals surface area contributed by atoms with Crippen molar-refractivity contribution in [2.45, 2.75) is 25.7 Å². The molecule has 0 heterocycles. The van der Waals surface area contributed by atoms with Gasteiger partial charge in [-0.25, -0.2) is 0 Å². The summed E-state index contributed by atoms with van der Waals surface area (Å²) in [5, 5.41) is 22.7. The summed E-state index contributed by atoms with van der Waals surface area (Å²) in [5.74, 6) is -2.53. The fraction of sp³-hybridized carbons (Fsp3) is 0.467. The molecule has 2 N–H and O–H groups in total. The zero-order valence-electron chi connectivity index (χ0n) is 12.7. The first-order valence-corrected chi connectivity index (χ1v) is 7.30. The molecule has 0 bridgehead atoms. The summed E-state index contributed by atoms with van der Waals surface area (Å²) in [6.07, 6.45) is 2.51. The maximum Gasteiger partial charge on any atom is 0.307 e. The molecule has 0 aliphatic heterocycles. The Morgan fingerprint density at radius 2 is 1.96 bits per heavy atom. The van der Waals surface area contributed by atoms with E-state index in [9.17, 15) is 24.8 Å². The molecule has 2 atom stereocenters. The summed E-state index contributed by atoms with van der Waals surface area (Å²) in [5.41, 5.74) is -0.0130. The molecule has 1 aliphatic carbocycles. The average molecular weight is 322 g/mol. The molecule has 1 saturated carbocycles. The zero-order chi connectivity index (χ0) is 17.0. The Morgan fingerprint density at radius 3 is 2.52 bits per heavy atom. The number of hydrogen-bond acceptors (Lipinski definition) is 5. The Hall–Kier alpha value is -2.64. The molecule has 2 rings (SSSR count). The molecule has 1 aromatic carbocycles. The van der Waals surface area contributed by atoms with Crippen molar-refractivity contribution in [1.82, 2.24) is 0 Å². The average Bonchev–Trinajstić information content (AvgIpc) is 2.54. The van der Waals surface area contributed by atoms with Crippen LogP contribution in [0, 0.1) is 22.0 Å². The highest BCUT2D eigenvalue weighted by Gasteiger charge is 2.36. The van der Waals surface area contributed by atoms with Crippen molar-refractivity contribution in [3.63, 3.8) is 0 Å². The molecule has 0 aromatic heterocycles. The Balaban J connectivity index is 2.23. The van der Waals surface area contributed by atoms with Crippen LogP contribution < -0.4 is 10.1 Å². The van der Waals surface area contributed by atoms with Crippen LogP contribution in [0.4, 0.5) is 11.4 Å². The lowest BCUT2D eigenvalue weighted by Gasteiger charge is -2.27. The maximum absolute atomic E-state index is 12.4. The molecule has 8 nitrogen and oxygen atoms in total. The van der Waals surface area contributed by atoms with Crippen molar-refractivity contribution >= 4 is 23.3 Å². The van der Waals surface area contributed by atoms with Gasteiger partial charge in [0, 0.05) is 12.1 Å². The number of carboxylic acid groups (broad SMARTS) is 1. The molecule has 23 heavy (non-hydrogen) atoms. The number of carboxylic acids is 1. The third-order valence-corrected chi connectivity index (χ3v) is 4.07. The van der Waals surface area contributed by atoms with E-state index < -0.39 is 28.6 Å². The minimum absolute atomic E-state index is 0.168. The molecule has 0 radical (unpaired) electrons. The predicted octanol–water partition coefficient (Wildman–Crippen LogP) is 2.43. The number of nitrogens with one attached hydrogen (secondary N) is 1. The lowest BCUT2D eigenvalue weighted by molar-refractivity contribution is -0.384. The van der Waals surface area contributed by atoms with E-state index in [4.69, 9.17) is 4.74 Å². The molecular formula is C15H18N2O6. The summed E-state index contributed by atoms with van der Waals surface area (Å²) >= 11 is 0. The van der Waals surface area contributed by atoms with Gasteiger partial charge in [-0.3, -0.25) is 19.7 Å². The molecule has 1 amide bonds. The van der Waals surface area contributed by atoms with Gasteiger partial charge >= 0.3 is 5.97 Å². The number of carbonyl (C=O) groups excluding carboxylic acids is 1. The highest BCUT2D eigenvalue weighted by Crippen LogP contribution is 2.34. The normalized spacial score (nSPS) is 20.6. The van der Waals surface area contributed by atoms with E-state index in [0.717, 1.165) is 12.8 Å². The number of aliphatic carboxylic acids is 1. The molecular weight excluding hydrogens is 304 g/mol. The highest BCUT2D eigenvalue weighted by molar-refractivity contribution is 5.96. The van der Waals surface area contributed by atoms with Crippen LogP contribution in [-0.4, -0.2) is 29.0 Å². The number of non-ortho nitro benzene ring substituents is 1. The van der Waals surface area contributed by atoms with Crippen LogP contribution in [0.15, 0.2) is 18.2 Å². The van der Waals surface area contributed by atoms with Gasteiger partial charge < -0.3 is 15.2 Å². The smallest absolute Gasteiger partial charge is 0.307 e. The molecule has 124 valence electrons. The van der Waals surface area contributed by atoms with Gasteiger partial charge in [0.05, 0.1) is 29.6 Å². The van der Waals surface area contributed by atoms with Crippen LogP contribution >= 0.6 is 0 Å². The minimum atomic E-state index is -0.990. The number of nitrogens with zero attached hydrogens (tertiary/aromatic N) is 1. The number of nitro benzene ring substituents is 1. The zero-order valence-corrected chi connectivity index (χ0v) is 12.7. The lowest BCUT2D eigenvalue weighted by Crippen LogP contribution is -2.36. The number of amides is 1. The topological polar surface area (TPSA) is 119 Å². The number of rotatable bonds is 5. The maximum atomic E-state index is 12.4. The van der Waals surface area contributed by atoms with E-state index in [1.807, 2.05) is 0 Å². The van der Waals surface area contributed by atoms with E-state index in [0.29, 0.717) is 12.8 Å². The van der Waals surface area contributed by atoms with E-state index >= 15 is 0 Å². The molecule has 1 aliphatic rings. The van der Waals surface area contributed by atoms with Gasteiger partial charge in [-0.15, -0.1) is 0 Å². The Morgan fingerprint density at radius 1 is 1.30 bits per heavy atom. The van der Waals surface area contributed by atoms with E-state index in [1.54, 1.807) is 0 Å². The quantitative estimate of drug-likeness (QED) is 0.635.